The molecule has 1 aliphatic carbocycles. The molecule has 4 nitrogen and oxygen atoms in total. The van der Waals surface area contributed by atoms with E-state index in [-0.39, 0.29) is 17.4 Å². The van der Waals surface area contributed by atoms with Gasteiger partial charge in [-0.25, -0.2) is 0 Å². The van der Waals surface area contributed by atoms with E-state index in [2.05, 4.69) is 10.3 Å². The Balaban J connectivity index is 1.57. The van der Waals surface area contributed by atoms with Crippen molar-refractivity contribution in [2.75, 3.05) is 13.2 Å². The van der Waals surface area contributed by atoms with Crippen molar-refractivity contribution in [3.63, 3.8) is 0 Å². The molecular formula is C18H20N2O2. The SMILES string of the molecule is O=C(NC1CCC12CCOCC2)c1nccc2ccccc12. The summed E-state index contributed by atoms with van der Waals surface area (Å²) in [6.07, 6.45) is 6.09. The summed E-state index contributed by atoms with van der Waals surface area (Å²) in [5.41, 5.74) is 0.797. The monoisotopic (exact) mass is 296 g/mol. The van der Waals surface area contributed by atoms with E-state index < -0.39 is 0 Å². The predicted molar refractivity (Wildman–Crippen MR) is 84.7 cm³/mol. The summed E-state index contributed by atoms with van der Waals surface area (Å²) in [4.78, 5) is 17.0. The zero-order chi connectivity index (χ0) is 15.0. The van der Waals surface area contributed by atoms with Gasteiger partial charge in [-0.3, -0.25) is 9.78 Å². The van der Waals surface area contributed by atoms with Crippen molar-refractivity contribution >= 4 is 16.7 Å². The molecule has 1 aliphatic heterocycles. The number of carbonyl (C=O) groups excluding carboxylic acids is 1. The first-order valence-electron chi connectivity index (χ1n) is 8.01. The summed E-state index contributed by atoms with van der Waals surface area (Å²) in [6.45, 7) is 1.64. The molecule has 4 heteroatoms. The van der Waals surface area contributed by atoms with Gasteiger partial charge in [0, 0.05) is 30.8 Å². The van der Waals surface area contributed by atoms with E-state index in [1.165, 1.54) is 6.42 Å². The molecule has 1 atom stereocenters. The second-order valence-corrected chi connectivity index (χ2v) is 6.42. The Kier molecular flexibility index (Phi) is 3.34. The number of pyridine rings is 1. The van der Waals surface area contributed by atoms with Gasteiger partial charge >= 0.3 is 0 Å². The van der Waals surface area contributed by atoms with Crippen LogP contribution in [0.25, 0.3) is 10.8 Å². The van der Waals surface area contributed by atoms with Crippen LogP contribution in [0.1, 0.15) is 36.2 Å². The zero-order valence-electron chi connectivity index (χ0n) is 12.5. The van der Waals surface area contributed by atoms with Crippen LogP contribution in [-0.2, 0) is 4.74 Å². The van der Waals surface area contributed by atoms with E-state index in [9.17, 15) is 4.79 Å². The Morgan fingerprint density at radius 1 is 1.18 bits per heavy atom. The van der Waals surface area contributed by atoms with Crippen LogP contribution in [0.15, 0.2) is 36.5 Å². The van der Waals surface area contributed by atoms with Gasteiger partial charge in [0.15, 0.2) is 0 Å². The summed E-state index contributed by atoms with van der Waals surface area (Å²) in [5, 5.41) is 5.20. The van der Waals surface area contributed by atoms with Crippen molar-refractivity contribution in [1.29, 1.82) is 0 Å². The molecule has 0 bridgehead atoms. The first kappa shape index (κ1) is 13.7. The summed E-state index contributed by atoms with van der Waals surface area (Å²) in [7, 11) is 0. The third-order valence-electron chi connectivity index (χ3n) is 5.35. The highest BCUT2D eigenvalue weighted by Gasteiger charge is 2.48. The molecule has 1 saturated heterocycles. The van der Waals surface area contributed by atoms with Crippen molar-refractivity contribution < 1.29 is 9.53 Å². The van der Waals surface area contributed by atoms with E-state index in [4.69, 9.17) is 4.74 Å². The maximum Gasteiger partial charge on any atom is 0.270 e. The molecule has 1 aromatic carbocycles. The van der Waals surface area contributed by atoms with Crippen LogP contribution in [0.3, 0.4) is 0 Å². The highest BCUT2D eigenvalue weighted by Crippen LogP contribution is 2.48. The molecule has 1 spiro atoms. The Hall–Kier alpha value is -1.94. The van der Waals surface area contributed by atoms with Crippen LogP contribution < -0.4 is 5.32 Å². The number of carbonyl (C=O) groups is 1. The second-order valence-electron chi connectivity index (χ2n) is 6.42. The quantitative estimate of drug-likeness (QED) is 0.927. The summed E-state index contributed by atoms with van der Waals surface area (Å²) in [5.74, 6) is -0.0487. The number of nitrogens with zero attached hydrogens (tertiary/aromatic N) is 1. The van der Waals surface area contributed by atoms with E-state index in [0.717, 1.165) is 43.2 Å². The molecule has 2 fully saturated rings. The summed E-state index contributed by atoms with van der Waals surface area (Å²) in [6, 6.07) is 10.1. The minimum atomic E-state index is -0.0487. The fourth-order valence-electron chi connectivity index (χ4n) is 3.83. The van der Waals surface area contributed by atoms with Crippen molar-refractivity contribution in [1.82, 2.24) is 10.3 Å². The Morgan fingerprint density at radius 2 is 2.00 bits per heavy atom. The minimum Gasteiger partial charge on any atom is -0.381 e. The van der Waals surface area contributed by atoms with Crippen molar-refractivity contribution in [2.24, 2.45) is 5.41 Å². The van der Waals surface area contributed by atoms with Gasteiger partial charge in [-0.15, -0.1) is 0 Å². The van der Waals surface area contributed by atoms with E-state index in [0.29, 0.717) is 5.69 Å². The van der Waals surface area contributed by atoms with E-state index >= 15 is 0 Å². The van der Waals surface area contributed by atoms with Gasteiger partial charge < -0.3 is 10.1 Å². The van der Waals surface area contributed by atoms with Gasteiger partial charge in [-0.1, -0.05) is 24.3 Å². The maximum absolute atomic E-state index is 12.7. The van der Waals surface area contributed by atoms with Gasteiger partial charge in [0.2, 0.25) is 0 Å². The lowest BCUT2D eigenvalue weighted by molar-refractivity contribution is -0.0523. The van der Waals surface area contributed by atoms with Gasteiger partial charge in [0.05, 0.1) is 0 Å². The van der Waals surface area contributed by atoms with Crippen molar-refractivity contribution in [3.8, 4) is 0 Å². The molecule has 1 N–H and O–H groups in total. The molecule has 1 aromatic heterocycles. The minimum absolute atomic E-state index is 0.0487. The lowest BCUT2D eigenvalue weighted by Gasteiger charge is -2.52. The van der Waals surface area contributed by atoms with Crippen molar-refractivity contribution in [2.45, 2.75) is 31.7 Å². The van der Waals surface area contributed by atoms with Gasteiger partial charge in [-0.05, 0) is 42.6 Å². The van der Waals surface area contributed by atoms with Crippen molar-refractivity contribution in [3.05, 3.63) is 42.2 Å². The Labute approximate surface area is 129 Å². The van der Waals surface area contributed by atoms with Crippen LogP contribution >= 0.6 is 0 Å². The standard InChI is InChI=1S/C18H20N2O2/c21-17(16-14-4-2-1-3-13(14)6-10-19-16)20-15-5-7-18(15)8-11-22-12-9-18/h1-4,6,10,15H,5,7-9,11-12H2,(H,20,21). The molecule has 2 aliphatic rings. The molecule has 2 heterocycles. The molecule has 0 radical (unpaired) electrons. The average Bonchev–Trinajstić information content (AvgIpc) is 2.58. The number of hydrogen-bond acceptors (Lipinski definition) is 3. The molecule has 1 amide bonds. The number of ether oxygens (including phenoxy) is 1. The normalized spacial score (nSPS) is 23.2. The van der Waals surface area contributed by atoms with Crippen LogP contribution in [0, 0.1) is 5.41 Å². The molecule has 114 valence electrons. The highest BCUT2D eigenvalue weighted by atomic mass is 16.5. The average molecular weight is 296 g/mol. The van der Waals surface area contributed by atoms with Crippen LogP contribution in [0.4, 0.5) is 0 Å². The van der Waals surface area contributed by atoms with E-state index in [1.54, 1.807) is 6.20 Å². The molecular weight excluding hydrogens is 276 g/mol. The molecule has 1 unspecified atom stereocenters. The fourth-order valence-corrected chi connectivity index (χ4v) is 3.83. The van der Waals surface area contributed by atoms with Gasteiger partial charge in [0.25, 0.3) is 5.91 Å². The first-order chi connectivity index (χ1) is 10.8. The van der Waals surface area contributed by atoms with Crippen LogP contribution in [0.2, 0.25) is 0 Å². The molecule has 4 rings (SSSR count). The number of rotatable bonds is 2. The maximum atomic E-state index is 12.7. The number of fused-ring (bicyclic) bond motifs is 1. The number of amides is 1. The lowest BCUT2D eigenvalue weighted by Crippen LogP contribution is -2.57. The number of hydrogen-bond donors (Lipinski definition) is 1. The smallest absolute Gasteiger partial charge is 0.270 e. The predicted octanol–water partition coefficient (Wildman–Crippen LogP) is 2.92. The van der Waals surface area contributed by atoms with Gasteiger partial charge in [0.1, 0.15) is 5.69 Å². The number of aromatic nitrogens is 1. The molecule has 22 heavy (non-hydrogen) atoms. The third kappa shape index (κ3) is 2.18. The highest BCUT2D eigenvalue weighted by molar-refractivity contribution is 6.05. The molecule has 2 aromatic rings. The Morgan fingerprint density at radius 3 is 2.77 bits per heavy atom. The topological polar surface area (TPSA) is 51.2 Å². The Bertz CT molecular complexity index is 702. The van der Waals surface area contributed by atoms with E-state index in [1.807, 2.05) is 30.3 Å². The summed E-state index contributed by atoms with van der Waals surface area (Å²) >= 11 is 0. The fraction of sp³-hybridized carbons (Fsp3) is 0.444. The summed E-state index contributed by atoms with van der Waals surface area (Å²) < 4.78 is 5.47. The van der Waals surface area contributed by atoms with Gasteiger partial charge in [-0.2, -0.15) is 0 Å². The van der Waals surface area contributed by atoms with Crippen LogP contribution in [0.5, 0.6) is 0 Å². The number of nitrogens with one attached hydrogen (secondary N) is 1. The first-order valence-corrected chi connectivity index (χ1v) is 8.01. The van der Waals surface area contributed by atoms with Crippen LogP contribution in [-0.4, -0.2) is 30.1 Å². The molecule has 1 saturated carbocycles. The largest absolute Gasteiger partial charge is 0.381 e. The second kappa shape index (κ2) is 5.36. The third-order valence-corrected chi connectivity index (χ3v) is 5.35. The number of benzene rings is 1. The zero-order valence-corrected chi connectivity index (χ0v) is 12.5. The lowest BCUT2D eigenvalue weighted by atomic mass is 9.60.